The Balaban J connectivity index is 2.67. The summed E-state index contributed by atoms with van der Waals surface area (Å²) < 4.78 is 5.28. The van der Waals surface area contributed by atoms with Crippen molar-refractivity contribution in [2.75, 3.05) is 13.2 Å². The van der Waals surface area contributed by atoms with Crippen molar-refractivity contribution in [1.29, 1.82) is 0 Å². The lowest BCUT2D eigenvalue weighted by Crippen LogP contribution is -2.29. The minimum atomic E-state index is -1.01. The minimum absolute atomic E-state index is 0.0866. The predicted molar refractivity (Wildman–Crippen MR) is 74.3 cm³/mol. The van der Waals surface area contributed by atoms with Gasteiger partial charge in [-0.15, -0.1) is 0 Å². The predicted octanol–water partition coefficient (Wildman–Crippen LogP) is 1.65. The van der Waals surface area contributed by atoms with Crippen LogP contribution >= 0.6 is 0 Å². The molecule has 0 aliphatic heterocycles. The average molecular weight is 284 g/mol. The Hall–Kier alpha value is -1.20. The summed E-state index contributed by atoms with van der Waals surface area (Å²) >= 11 is 0. The Bertz CT molecular complexity index is 386. The molecule has 0 aromatic carbocycles. The van der Waals surface area contributed by atoms with Gasteiger partial charge in [0.05, 0.1) is 24.0 Å². The first-order valence-corrected chi connectivity index (χ1v) is 7.01. The summed E-state index contributed by atoms with van der Waals surface area (Å²) in [5, 5.41) is 18.7. The van der Waals surface area contributed by atoms with Crippen molar-refractivity contribution in [1.82, 2.24) is 0 Å². The Morgan fingerprint density at radius 3 is 2.55 bits per heavy atom. The summed E-state index contributed by atoms with van der Waals surface area (Å²) in [5.41, 5.74) is -0.623. The average Bonchev–Trinajstić information content (AvgIpc) is 2.74. The summed E-state index contributed by atoms with van der Waals surface area (Å²) in [5.74, 6) is -2.19. The van der Waals surface area contributed by atoms with E-state index in [4.69, 9.17) is 9.84 Å². The number of carbonyl (C=O) groups is 2. The van der Waals surface area contributed by atoms with E-state index in [9.17, 15) is 14.7 Å². The van der Waals surface area contributed by atoms with Crippen molar-refractivity contribution in [2.45, 2.75) is 39.7 Å². The summed E-state index contributed by atoms with van der Waals surface area (Å²) in [6.07, 6.45) is 3.30. The molecule has 1 aliphatic carbocycles. The fourth-order valence-corrected chi connectivity index (χ4v) is 2.44. The van der Waals surface area contributed by atoms with E-state index in [2.05, 4.69) is 0 Å². The van der Waals surface area contributed by atoms with Crippen LogP contribution in [0.4, 0.5) is 0 Å². The van der Waals surface area contributed by atoms with Crippen molar-refractivity contribution >= 4 is 11.8 Å². The SMILES string of the molecule is CCOCC(C)(C)C(=O)C=CC1CCC(O)C1C(=O)O. The van der Waals surface area contributed by atoms with E-state index in [1.165, 1.54) is 6.08 Å². The number of aliphatic hydroxyl groups is 1. The molecule has 0 bridgehead atoms. The third-order valence-electron chi connectivity index (χ3n) is 3.79. The van der Waals surface area contributed by atoms with Crippen molar-refractivity contribution in [3.8, 4) is 0 Å². The molecule has 3 unspecified atom stereocenters. The molecule has 1 fully saturated rings. The van der Waals surface area contributed by atoms with Gasteiger partial charge in [-0.1, -0.05) is 19.9 Å². The van der Waals surface area contributed by atoms with E-state index in [-0.39, 0.29) is 11.7 Å². The van der Waals surface area contributed by atoms with E-state index in [1.807, 2.05) is 6.92 Å². The van der Waals surface area contributed by atoms with Crippen LogP contribution in [0.5, 0.6) is 0 Å². The molecule has 0 aromatic heterocycles. The highest BCUT2D eigenvalue weighted by molar-refractivity contribution is 5.94. The van der Waals surface area contributed by atoms with Gasteiger partial charge in [-0.3, -0.25) is 9.59 Å². The molecule has 1 saturated carbocycles. The summed E-state index contributed by atoms with van der Waals surface area (Å²) in [6, 6.07) is 0. The highest BCUT2D eigenvalue weighted by Crippen LogP contribution is 2.33. The molecule has 0 heterocycles. The van der Waals surface area contributed by atoms with Crippen LogP contribution in [0.1, 0.15) is 33.6 Å². The van der Waals surface area contributed by atoms with Gasteiger partial charge >= 0.3 is 5.97 Å². The van der Waals surface area contributed by atoms with Crippen molar-refractivity contribution in [2.24, 2.45) is 17.3 Å². The minimum Gasteiger partial charge on any atom is -0.481 e. The van der Waals surface area contributed by atoms with Crippen LogP contribution in [0.2, 0.25) is 0 Å². The summed E-state index contributed by atoms with van der Waals surface area (Å²) in [4.78, 5) is 23.2. The van der Waals surface area contributed by atoms with E-state index in [0.29, 0.717) is 26.1 Å². The molecular weight excluding hydrogens is 260 g/mol. The Morgan fingerprint density at radius 2 is 2.00 bits per heavy atom. The van der Waals surface area contributed by atoms with Crippen LogP contribution in [0.25, 0.3) is 0 Å². The second-order valence-electron chi connectivity index (χ2n) is 5.92. The summed E-state index contributed by atoms with van der Waals surface area (Å²) in [7, 11) is 0. The standard InChI is InChI=1S/C15H24O5/c1-4-20-9-15(2,3)12(17)8-6-10-5-7-11(16)13(10)14(18)19/h6,8,10-11,13,16H,4-5,7,9H2,1-3H3,(H,18,19). The molecule has 5 heteroatoms. The molecule has 0 amide bonds. The first kappa shape index (κ1) is 16.9. The van der Waals surface area contributed by atoms with Crippen LogP contribution in [-0.2, 0) is 14.3 Å². The number of aliphatic carboxylic acids is 1. The number of ketones is 1. The maximum atomic E-state index is 12.1. The Labute approximate surface area is 119 Å². The number of carboxylic acid groups (broad SMARTS) is 1. The number of rotatable bonds is 7. The van der Waals surface area contributed by atoms with Crippen molar-refractivity contribution in [3.05, 3.63) is 12.2 Å². The zero-order valence-corrected chi connectivity index (χ0v) is 12.3. The van der Waals surface area contributed by atoms with Crippen LogP contribution in [-0.4, -0.2) is 41.3 Å². The smallest absolute Gasteiger partial charge is 0.309 e. The maximum absolute atomic E-state index is 12.1. The van der Waals surface area contributed by atoms with Gasteiger partial charge in [-0.2, -0.15) is 0 Å². The van der Waals surface area contributed by atoms with Gasteiger partial charge in [0.25, 0.3) is 0 Å². The largest absolute Gasteiger partial charge is 0.481 e. The molecule has 0 spiro atoms. The lowest BCUT2D eigenvalue weighted by molar-refractivity contribution is -0.145. The lowest BCUT2D eigenvalue weighted by Gasteiger charge is -2.21. The Kier molecular flexibility index (Phi) is 5.89. The summed E-state index contributed by atoms with van der Waals surface area (Å²) in [6.45, 7) is 6.35. The molecule has 0 radical (unpaired) electrons. The lowest BCUT2D eigenvalue weighted by atomic mass is 9.87. The van der Waals surface area contributed by atoms with Crippen LogP contribution in [0.3, 0.4) is 0 Å². The number of carboxylic acids is 1. The number of carbonyl (C=O) groups excluding carboxylic acids is 1. The number of hydrogen-bond donors (Lipinski definition) is 2. The molecule has 0 aromatic rings. The van der Waals surface area contributed by atoms with Gasteiger partial charge in [0.2, 0.25) is 0 Å². The quantitative estimate of drug-likeness (QED) is 0.694. The van der Waals surface area contributed by atoms with Gasteiger partial charge in [-0.25, -0.2) is 0 Å². The molecule has 1 aliphatic rings. The maximum Gasteiger partial charge on any atom is 0.309 e. The molecule has 114 valence electrons. The number of ether oxygens (including phenoxy) is 1. The van der Waals surface area contributed by atoms with E-state index >= 15 is 0 Å². The third kappa shape index (κ3) is 4.15. The second-order valence-corrected chi connectivity index (χ2v) is 5.92. The van der Waals surface area contributed by atoms with E-state index < -0.39 is 23.4 Å². The highest BCUT2D eigenvalue weighted by Gasteiger charge is 2.39. The first-order valence-electron chi connectivity index (χ1n) is 7.01. The molecule has 3 atom stereocenters. The highest BCUT2D eigenvalue weighted by atomic mass is 16.5. The molecule has 5 nitrogen and oxygen atoms in total. The fraction of sp³-hybridized carbons (Fsp3) is 0.733. The number of aliphatic hydroxyl groups excluding tert-OH is 1. The first-order chi connectivity index (χ1) is 9.29. The Morgan fingerprint density at radius 1 is 1.35 bits per heavy atom. The zero-order valence-electron chi connectivity index (χ0n) is 12.3. The normalized spacial score (nSPS) is 27.1. The van der Waals surface area contributed by atoms with Gasteiger partial charge in [0.15, 0.2) is 5.78 Å². The topological polar surface area (TPSA) is 83.8 Å². The molecular formula is C15H24O5. The molecule has 1 rings (SSSR count). The number of allylic oxidation sites excluding steroid dienone is 2. The van der Waals surface area contributed by atoms with Gasteiger partial charge in [0.1, 0.15) is 0 Å². The van der Waals surface area contributed by atoms with Crippen molar-refractivity contribution in [3.63, 3.8) is 0 Å². The fourth-order valence-electron chi connectivity index (χ4n) is 2.44. The van der Waals surface area contributed by atoms with Crippen LogP contribution in [0.15, 0.2) is 12.2 Å². The van der Waals surface area contributed by atoms with E-state index in [0.717, 1.165) is 0 Å². The van der Waals surface area contributed by atoms with Gasteiger partial charge < -0.3 is 14.9 Å². The van der Waals surface area contributed by atoms with E-state index in [1.54, 1.807) is 19.9 Å². The second kappa shape index (κ2) is 6.99. The number of hydrogen-bond acceptors (Lipinski definition) is 4. The third-order valence-corrected chi connectivity index (χ3v) is 3.79. The van der Waals surface area contributed by atoms with Gasteiger partial charge in [0, 0.05) is 6.61 Å². The molecule has 2 N–H and O–H groups in total. The van der Waals surface area contributed by atoms with Crippen LogP contribution in [0, 0.1) is 17.3 Å². The zero-order chi connectivity index (χ0) is 15.3. The monoisotopic (exact) mass is 284 g/mol. The molecule has 20 heavy (non-hydrogen) atoms. The van der Waals surface area contributed by atoms with Crippen molar-refractivity contribution < 1.29 is 24.5 Å². The van der Waals surface area contributed by atoms with Crippen LogP contribution < -0.4 is 0 Å². The van der Waals surface area contributed by atoms with Gasteiger partial charge in [-0.05, 0) is 31.8 Å². The molecule has 0 saturated heterocycles.